The topological polar surface area (TPSA) is 32.3 Å². The van der Waals surface area contributed by atoms with Crippen LogP contribution < -0.4 is 10.2 Å². The fraction of sp³-hybridized carbons (Fsp3) is 0.588. The minimum atomic E-state index is -0.0282. The zero-order chi connectivity index (χ0) is 14.7. The van der Waals surface area contributed by atoms with E-state index >= 15 is 0 Å². The van der Waals surface area contributed by atoms with E-state index in [1.807, 2.05) is 7.05 Å². The van der Waals surface area contributed by atoms with E-state index in [9.17, 15) is 4.79 Å². The third-order valence-electron chi connectivity index (χ3n) is 4.31. The first kappa shape index (κ1) is 15.0. The van der Waals surface area contributed by atoms with Gasteiger partial charge in [0.15, 0.2) is 0 Å². The number of nitrogens with one attached hydrogen (secondary N) is 1. The van der Waals surface area contributed by atoms with Crippen LogP contribution >= 0.6 is 0 Å². The Labute approximate surface area is 122 Å². The van der Waals surface area contributed by atoms with E-state index in [4.69, 9.17) is 0 Å². The number of aryl methyl sites for hydroxylation is 2. The molecule has 2 unspecified atom stereocenters. The predicted molar refractivity (Wildman–Crippen MR) is 84.1 cm³/mol. The summed E-state index contributed by atoms with van der Waals surface area (Å²) in [4.78, 5) is 14.4. The molecular weight excluding hydrogens is 248 g/mol. The van der Waals surface area contributed by atoms with Crippen molar-refractivity contribution < 1.29 is 4.79 Å². The molecule has 2 rings (SSSR count). The lowest BCUT2D eigenvalue weighted by Crippen LogP contribution is -2.49. The molecule has 1 heterocycles. The zero-order valence-corrected chi connectivity index (χ0v) is 13.1. The summed E-state index contributed by atoms with van der Waals surface area (Å²) in [6.07, 6.45) is 3.32. The van der Waals surface area contributed by atoms with Gasteiger partial charge in [0.1, 0.15) is 0 Å². The number of hydrogen-bond acceptors (Lipinski definition) is 2. The molecule has 0 radical (unpaired) electrons. The molecule has 1 aliphatic rings. The number of likely N-dealkylation sites (N-methyl/N-ethyl adjacent to an activating group) is 1. The van der Waals surface area contributed by atoms with Gasteiger partial charge in [0, 0.05) is 12.7 Å². The first-order valence-corrected chi connectivity index (χ1v) is 7.60. The Hall–Kier alpha value is -1.35. The lowest BCUT2D eigenvalue weighted by atomic mass is 9.90. The Bertz CT molecular complexity index is 464. The number of carbonyl (C=O) groups excluding carboxylic acids is 1. The number of benzene rings is 1. The van der Waals surface area contributed by atoms with Crippen molar-refractivity contribution in [3.05, 3.63) is 29.3 Å². The van der Waals surface area contributed by atoms with Crippen LogP contribution in [0.25, 0.3) is 0 Å². The van der Waals surface area contributed by atoms with E-state index < -0.39 is 0 Å². The highest BCUT2D eigenvalue weighted by Gasteiger charge is 2.28. The maximum absolute atomic E-state index is 12.6. The molecule has 2 atom stereocenters. The summed E-state index contributed by atoms with van der Waals surface area (Å²) in [6, 6.07) is 6.25. The fourth-order valence-corrected chi connectivity index (χ4v) is 3.06. The second-order valence-corrected chi connectivity index (χ2v) is 6.05. The second-order valence-electron chi connectivity index (χ2n) is 6.05. The van der Waals surface area contributed by atoms with Crippen LogP contribution in [0.3, 0.4) is 0 Å². The van der Waals surface area contributed by atoms with Gasteiger partial charge in [0.05, 0.1) is 6.04 Å². The molecule has 1 N–H and O–H groups in total. The summed E-state index contributed by atoms with van der Waals surface area (Å²) < 4.78 is 0. The third-order valence-corrected chi connectivity index (χ3v) is 4.31. The van der Waals surface area contributed by atoms with Gasteiger partial charge in [0.2, 0.25) is 5.91 Å². The van der Waals surface area contributed by atoms with Gasteiger partial charge < -0.3 is 10.2 Å². The molecule has 20 heavy (non-hydrogen) atoms. The summed E-state index contributed by atoms with van der Waals surface area (Å²) in [5, 5.41) is 3.37. The normalized spacial score (nSPS) is 22.6. The van der Waals surface area contributed by atoms with Crippen LogP contribution in [0.2, 0.25) is 0 Å². The van der Waals surface area contributed by atoms with E-state index in [1.54, 1.807) is 4.90 Å². The van der Waals surface area contributed by atoms with E-state index in [2.05, 4.69) is 44.3 Å². The highest BCUT2D eigenvalue weighted by molar-refractivity contribution is 5.96. The molecule has 0 bridgehead atoms. The number of nitrogens with zero attached hydrogens (tertiary/aromatic N) is 1. The minimum Gasteiger partial charge on any atom is -0.314 e. The van der Waals surface area contributed by atoms with E-state index in [0.29, 0.717) is 5.92 Å². The molecule has 3 heteroatoms. The van der Waals surface area contributed by atoms with Crippen molar-refractivity contribution in [1.29, 1.82) is 0 Å². The lowest BCUT2D eigenvalue weighted by molar-refractivity contribution is -0.121. The smallest absolute Gasteiger partial charge is 0.243 e. The Morgan fingerprint density at radius 2 is 1.95 bits per heavy atom. The predicted octanol–water partition coefficient (Wildman–Crippen LogP) is 3.04. The number of anilines is 1. The van der Waals surface area contributed by atoms with E-state index in [0.717, 1.165) is 18.7 Å². The van der Waals surface area contributed by atoms with Crippen LogP contribution in [0.4, 0.5) is 5.69 Å². The number of carbonyl (C=O) groups is 1. The van der Waals surface area contributed by atoms with Gasteiger partial charge in [-0.25, -0.2) is 0 Å². The molecule has 1 aromatic carbocycles. The van der Waals surface area contributed by atoms with Crippen LogP contribution in [-0.2, 0) is 4.79 Å². The van der Waals surface area contributed by atoms with Gasteiger partial charge >= 0.3 is 0 Å². The average Bonchev–Trinajstić information content (AvgIpc) is 2.44. The number of rotatable bonds is 3. The van der Waals surface area contributed by atoms with Crippen LogP contribution in [0, 0.1) is 19.8 Å². The maximum Gasteiger partial charge on any atom is 0.243 e. The fourth-order valence-electron chi connectivity index (χ4n) is 3.06. The minimum absolute atomic E-state index is 0.0282. The molecule has 0 saturated carbocycles. The summed E-state index contributed by atoms with van der Waals surface area (Å²) >= 11 is 0. The Morgan fingerprint density at radius 1 is 1.30 bits per heavy atom. The molecular formula is C17H26N2O. The van der Waals surface area contributed by atoms with Gasteiger partial charge in [-0.15, -0.1) is 0 Å². The highest BCUT2D eigenvalue weighted by Crippen LogP contribution is 2.23. The van der Waals surface area contributed by atoms with Crippen LogP contribution in [0.5, 0.6) is 0 Å². The van der Waals surface area contributed by atoms with Crippen molar-refractivity contribution >= 4 is 11.6 Å². The number of hydrogen-bond donors (Lipinski definition) is 1. The third kappa shape index (κ3) is 3.40. The van der Waals surface area contributed by atoms with Crippen LogP contribution in [0.1, 0.15) is 37.3 Å². The van der Waals surface area contributed by atoms with Gasteiger partial charge in [0.25, 0.3) is 0 Å². The van der Waals surface area contributed by atoms with Crippen molar-refractivity contribution in [2.75, 3.05) is 18.5 Å². The molecule has 0 spiro atoms. The lowest BCUT2D eigenvalue weighted by Gasteiger charge is -2.32. The van der Waals surface area contributed by atoms with Crippen LogP contribution in [-0.4, -0.2) is 25.5 Å². The van der Waals surface area contributed by atoms with Crippen molar-refractivity contribution in [1.82, 2.24) is 5.32 Å². The number of piperidine rings is 1. The first-order chi connectivity index (χ1) is 9.51. The molecule has 3 nitrogen and oxygen atoms in total. The summed E-state index contributed by atoms with van der Waals surface area (Å²) in [5.74, 6) is 0.867. The van der Waals surface area contributed by atoms with Crippen molar-refractivity contribution in [3.8, 4) is 0 Å². The molecule has 0 aromatic heterocycles. The number of amides is 1. The van der Waals surface area contributed by atoms with Crippen molar-refractivity contribution in [2.45, 2.75) is 46.1 Å². The van der Waals surface area contributed by atoms with Gasteiger partial charge in [-0.2, -0.15) is 0 Å². The molecule has 1 amide bonds. The molecule has 110 valence electrons. The first-order valence-electron chi connectivity index (χ1n) is 7.60. The Kier molecular flexibility index (Phi) is 4.81. The molecule has 1 saturated heterocycles. The summed E-state index contributed by atoms with van der Waals surface area (Å²) in [5.41, 5.74) is 3.39. The Morgan fingerprint density at radius 3 is 2.55 bits per heavy atom. The standard InChI is InChI=1S/C17H26N2O/c1-5-14-6-7-18-16(11-14)17(20)19(4)15-9-12(2)8-13(3)10-15/h8-10,14,16,18H,5-7,11H2,1-4H3. The SMILES string of the molecule is CCC1CCNC(C(=O)N(C)c2cc(C)cc(C)c2)C1. The van der Waals surface area contributed by atoms with E-state index in [1.165, 1.54) is 24.0 Å². The summed E-state index contributed by atoms with van der Waals surface area (Å²) in [6.45, 7) is 7.31. The average molecular weight is 274 g/mol. The van der Waals surface area contributed by atoms with E-state index in [-0.39, 0.29) is 11.9 Å². The van der Waals surface area contributed by atoms with Crippen LogP contribution in [0.15, 0.2) is 18.2 Å². The highest BCUT2D eigenvalue weighted by atomic mass is 16.2. The van der Waals surface area contributed by atoms with Gasteiger partial charge in [-0.3, -0.25) is 4.79 Å². The molecule has 1 fully saturated rings. The van der Waals surface area contributed by atoms with Crippen molar-refractivity contribution in [2.24, 2.45) is 5.92 Å². The molecule has 0 aliphatic carbocycles. The molecule has 1 aromatic rings. The quantitative estimate of drug-likeness (QED) is 0.919. The largest absolute Gasteiger partial charge is 0.314 e. The Balaban J connectivity index is 2.11. The summed E-state index contributed by atoms with van der Waals surface area (Å²) in [7, 11) is 1.88. The second kappa shape index (κ2) is 6.40. The van der Waals surface area contributed by atoms with Crippen molar-refractivity contribution in [3.63, 3.8) is 0 Å². The molecule has 1 aliphatic heterocycles. The monoisotopic (exact) mass is 274 g/mol. The zero-order valence-electron chi connectivity index (χ0n) is 13.1. The maximum atomic E-state index is 12.6. The van der Waals surface area contributed by atoms with Gasteiger partial charge in [-0.05, 0) is 62.4 Å². The van der Waals surface area contributed by atoms with Gasteiger partial charge in [-0.1, -0.05) is 19.4 Å².